The first-order valence-corrected chi connectivity index (χ1v) is 7.41. The zero-order chi connectivity index (χ0) is 14.4. The molecule has 0 bridgehead atoms. The summed E-state index contributed by atoms with van der Waals surface area (Å²) < 4.78 is 23.7. The normalized spacial score (nSPS) is 10.3. The summed E-state index contributed by atoms with van der Waals surface area (Å²) in [6.45, 7) is 0. The second-order valence-corrected chi connectivity index (χ2v) is 5.29. The van der Waals surface area contributed by atoms with Crippen molar-refractivity contribution in [2.75, 3.05) is 14.2 Å². The molecule has 0 aliphatic heterocycles. The molecule has 0 atom stereocenters. The summed E-state index contributed by atoms with van der Waals surface area (Å²) in [7, 11) is 3.26. The van der Waals surface area contributed by atoms with E-state index in [2.05, 4.69) is 6.07 Å². The summed E-state index contributed by atoms with van der Waals surface area (Å²) in [6, 6.07) is 12.6. The van der Waals surface area contributed by atoms with Crippen LogP contribution in [0.15, 0.2) is 42.5 Å². The minimum atomic E-state index is -0.234. The first-order valence-electron chi connectivity index (χ1n) is 6.26. The van der Waals surface area contributed by atoms with E-state index in [-0.39, 0.29) is 5.82 Å². The van der Waals surface area contributed by atoms with E-state index < -0.39 is 0 Å². The lowest BCUT2D eigenvalue weighted by Crippen LogP contribution is -1.92. The number of rotatable bonds is 6. The Morgan fingerprint density at radius 3 is 2.60 bits per heavy atom. The molecule has 0 aliphatic rings. The van der Waals surface area contributed by atoms with Crippen LogP contribution in [0.3, 0.4) is 0 Å². The molecule has 0 radical (unpaired) electrons. The van der Waals surface area contributed by atoms with Gasteiger partial charge in [0.2, 0.25) is 0 Å². The van der Waals surface area contributed by atoms with Crippen molar-refractivity contribution < 1.29 is 13.9 Å². The van der Waals surface area contributed by atoms with Gasteiger partial charge in [0.15, 0.2) is 0 Å². The van der Waals surface area contributed by atoms with Crippen molar-refractivity contribution in [2.24, 2.45) is 0 Å². The van der Waals surface area contributed by atoms with E-state index in [0.717, 1.165) is 22.8 Å². The molecular formula is C16H17FO2S. The van der Waals surface area contributed by atoms with Crippen LogP contribution in [-0.4, -0.2) is 14.2 Å². The third-order valence-electron chi connectivity index (χ3n) is 2.90. The van der Waals surface area contributed by atoms with Crippen molar-refractivity contribution in [1.82, 2.24) is 0 Å². The Balaban J connectivity index is 1.97. The maximum absolute atomic E-state index is 13.3. The van der Waals surface area contributed by atoms with Crippen LogP contribution in [0.25, 0.3) is 0 Å². The number of halogens is 1. The Kier molecular flexibility index (Phi) is 5.30. The molecule has 106 valence electrons. The topological polar surface area (TPSA) is 18.5 Å². The second-order valence-electron chi connectivity index (χ2n) is 4.30. The lowest BCUT2D eigenvalue weighted by Gasteiger charge is -2.09. The van der Waals surface area contributed by atoms with Crippen LogP contribution in [0, 0.1) is 5.82 Å². The van der Waals surface area contributed by atoms with Crippen molar-refractivity contribution in [3.05, 3.63) is 59.4 Å². The highest BCUT2D eigenvalue weighted by Crippen LogP contribution is 2.26. The number of thioether (sulfide) groups is 1. The smallest absolute Gasteiger partial charge is 0.123 e. The zero-order valence-corrected chi connectivity index (χ0v) is 12.4. The number of hydrogen-bond donors (Lipinski definition) is 0. The molecule has 0 saturated heterocycles. The van der Waals surface area contributed by atoms with Gasteiger partial charge >= 0.3 is 0 Å². The molecular weight excluding hydrogens is 275 g/mol. The summed E-state index contributed by atoms with van der Waals surface area (Å²) in [5.41, 5.74) is 2.06. The molecule has 0 spiro atoms. The number of hydrogen-bond acceptors (Lipinski definition) is 3. The quantitative estimate of drug-likeness (QED) is 0.792. The molecule has 0 aliphatic carbocycles. The molecule has 2 rings (SSSR count). The molecule has 0 heterocycles. The highest BCUT2D eigenvalue weighted by Gasteiger charge is 2.05. The first-order chi connectivity index (χ1) is 9.72. The minimum absolute atomic E-state index is 0.234. The standard InChI is InChI=1S/C16H17FO2S/c1-18-15-5-3-4-12(8-15)10-20-11-13-9-14(17)6-7-16(13)19-2/h3-9H,10-11H2,1-2H3. The van der Waals surface area contributed by atoms with Gasteiger partial charge in [0.25, 0.3) is 0 Å². The highest BCUT2D eigenvalue weighted by atomic mass is 32.2. The Morgan fingerprint density at radius 2 is 1.85 bits per heavy atom. The minimum Gasteiger partial charge on any atom is -0.497 e. The maximum atomic E-state index is 13.3. The highest BCUT2D eigenvalue weighted by molar-refractivity contribution is 7.97. The lowest BCUT2D eigenvalue weighted by atomic mass is 10.2. The molecule has 0 aromatic heterocycles. The fraction of sp³-hybridized carbons (Fsp3) is 0.250. The average Bonchev–Trinajstić information content (AvgIpc) is 2.48. The third-order valence-corrected chi connectivity index (χ3v) is 3.96. The third kappa shape index (κ3) is 3.90. The van der Waals surface area contributed by atoms with Crippen molar-refractivity contribution in [3.63, 3.8) is 0 Å². The summed E-state index contributed by atoms with van der Waals surface area (Å²) in [6.07, 6.45) is 0. The van der Waals surface area contributed by atoms with Crippen molar-refractivity contribution in [3.8, 4) is 11.5 Å². The summed E-state index contributed by atoms with van der Waals surface area (Å²) in [5, 5.41) is 0. The Hall–Kier alpha value is -1.68. The first kappa shape index (κ1) is 14.7. The Bertz CT molecular complexity index is 572. The molecule has 4 heteroatoms. The largest absolute Gasteiger partial charge is 0.497 e. The van der Waals surface area contributed by atoms with Gasteiger partial charge in [0.05, 0.1) is 14.2 Å². The van der Waals surface area contributed by atoms with Gasteiger partial charge in [-0.3, -0.25) is 0 Å². The van der Waals surface area contributed by atoms with Crippen LogP contribution in [0.4, 0.5) is 4.39 Å². The van der Waals surface area contributed by atoms with E-state index in [9.17, 15) is 4.39 Å². The van der Waals surface area contributed by atoms with Gasteiger partial charge in [-0.2, -0.15) is 11.8 Å². The monoisotopic (exact) mass is 292 g/mol. The molecule has 2 aromatic carbocycles. The van der Waals surface area contributed by atoms with E-state index >= 15 is 0 Å². The van der Waals surface area contributed by atoms with Crippen molar-refractivity contribution in [1.29, 1.82) is 0 Å². The summed E-state index contributed by atoms with van der Waals surface area (Å²) >= 11 is 1.71. The second kappa shape index (κ2) is 7.20. The molecule has 0 fully saturated rings. The van der Waals surface area contributed by atoms with Gasteiger partial charge in [-0.05, 0) is 35.9 Å². The van der Waals surface area contributed by atoms with E-state index in [1.807, 2.05) is 18.2 Å². The predicted molar refractivity (Wildman–Crippen MR) is 80.9 cm³/mol. The Labute approximate surface area is 122 Å². The van der Waals surface area contributed by atoms with Gasteiger partial charge in [-0.25, -0.2) is 4.39 Å². The van der Waals surface area contributed by atoms with Crippen LogP contribution in [0.2, 0.25) is 0 Å². The molecule has 0 saturated carbocycles. The van der Waals surface area contributed by atoms with E-state index in [1.165, 1.54) is 17.7 Å². The lowest BCUT2D eigenvalue weighted by molar-refractivity contribution is 0.410. The molecule has 0 amide bonds. The van der Waals surface area contributed by atoms with Gasteiger partial charge in [0, 0.05) is 17.1 Å². The number of methoxy groups -OCH3 is 2. The summed E-state index contributed by atoms with van der Waals surface area (Å²) in [4.78, 5) is 0. The van der Waals surface area contributed by atoms with Gasteiger partial charge in [0.1, 0.15) is 17.3 Å². The average molecular weight is 292 g/mol. The van der Waals surface area contributed by atoms with E-state index in [0.29, 0.717) is 5.75 Å². The number of ether oxygens (including phenoxy) is 2. The van der Waals surface area contributed by atoms with Crippen LogP contribution in [0.5, 0.6) is 11.5 Å². The van der Waals surface area contributed by atoms with Crippen LogP contribution < -0.4 is 9.47 Å². The van der Waals surface area contributed by atoms with Gasteiger partial charge < -0.3 is 9.47 Å². The zero-order valence-electron chi connectivity index (χ0n) is 11.6. The van der Waals surface area contributed by atoms with Crippen LogP contribution >= 0.6 is 11.8 Å². The molecule has 20 heavy (non-hydrogen) atoms. The predicted octanol–water partition coefficient (Wildman–Crippen LogP) is 4.28. The van der Waals surface area contributed by atoms with E-state index in [4.69, 9.17) is 9.47 Å². The molecule has 0 N–H and O–H groups in total. The summed E-state index contributed by atoms with van der Waals surface area (Å²) in [5.74, 6) is 2.90. The fourth-order valence-electron chi connectivity index (χ4n) is 1.90. The molecule has 2 aromatic rings. The van der Waals surface area contributed by atoms with Crippen LogP contribution in [-0.2, 0) is 11.5 Å². The fourth-order valence-corrected chi connectivity index (χ4v) is 2.86. The maximum Gasteiger partial charge on any atom is 0.123 e. The van der Waals surface area contributed by atoms with Crippen LogP contribution in [0.1, 0.15) is 11.1 Å². The van der Waals surface area contributed by atoms with Crippen molar-refractivity contribution >= 4 is 11.8 Å². The van der Waals surface area contributed by atoms with Crippen molar-refractivity contribution in [2.45, 2.75) is 11.5 Å². The number of benzene rings is 2. The van der Waals surface area contributed by atoms with Gasteiger partial charge in [-0.15, -0.1) is 0 Å². The van der Waals surface area contributed by atoms with E-state index in [1.54, 1.807) is 32.0 Å². The SMILES string of the molecule is COc1cccc(CSCc2cc(F)ccc2OC)c1. The van der Waals surface area contributed by atoms with Gasteiger partial charge in [-0.1, -0.05) is 12.1 Å². The Morgan fingerprint density at radius 1 is 1.00 bits per heavy atom. The molecule has 2 nitrogen and oxygen atoms in total. The molecule has 0 unspecified atom stereocenters.